The Hall–Kier alpha value is -2.04. The van der Waals surface area contributed by atoms with Crippen molar-refractivity contribution >= 4 is 32.5 Å². The van der Waals surface area contributed by atoms with Crippen molar-refractivity contribution in [2.45, 2.75) is 4.90 Å². The Bertz CT molecular complexity index is 1110. The fraction of sp³-hybridized carbons (Fsp3) is 0. The molecule has 0 radical (unpaired) electrons. The van der Waals surface area contributed by atoms with E-state index >= 15 is 0 Å². The van der Waals surface area contributed by atoms with Gasteiger partial charge >= 0.3 is 35.2 Å². The number of para-hydroxylation sites is 1. The van der Waals surface area contributed by atoms with E-state index in [0.717, 1.165) is 12.1 Å². The quantitative estimate of drug-likeness (QED) is 0.288. The Morgan fingerprint density at radius 3 is 2.28 bits per heavy atom. The summed E-state index contributed by atoms with van der Waals surface area (Å²) in [7, 11) is -4.31. The Morgan fingerprint density at radius 2 is 1.64 bits per heavy atom. The third kappa shape index (κ3) is 4.14. The van der Waals surface area contributed by atoms with Gasteiger partial charge in [0.1, 0.15) is 5.58 Å². The monoisotopic (exact) mass is 368 g/mol. The van der Waals surface area contributed by atoms with Crippen LogP contribution in [0.15, 0.2) is 72.9 Å². The summed E-state index contributed by atoms with van der Waals surface area (Å²) in [6.45, 7) is 0. The van der Waals surface area contributed by atoms with E-state index < -0.39 is 27.2 Å². The minimum atomic E-state index is -4.31. The first-order chi connectivity index (χ1) is 11.4. The van der Waals surface area contributed by atoms with Crippen LogP contribution >= 0.6 is 0 Å². The molecule has 122 valence electrons. The first-order valence-corrected chi connectivity index (χ1v) is 8.02. The summed E-state index contributed by atoms with van der Waals surface area (Å²) in [5.41, 5.74) is -1.05. The summed E-state index contributed by atoms with van der Waals surface area (Å²) in [5.74, 6) is -0.611. The fourth-order valence-electron chi connectivity index (χ4n) is 1.99. The average molecular weight is 368 g/mol. The molecule has 0 saturated heterocycles. The predicted molar refractivity (Wildman–Crippen MR) is 82.4 cm³/mol. The van der Waals surface area contributed by atoms with Gasteiger partial charge in [-0.15, -0.1) is 5.11 Å². The van der Waals surface area contributed by atoms with E-state index in [9.17, 15) is 18.3 Å². The number of nitrogens with zero attached hydrogens (tertiary/aromatic N) is 2. The topological polar surface area (TPSA) is 132 Å². The first kappa shape index (κ1) is 19.3. The van der Waals surface area contributed by atoms with Crippen molar-refractivity contribution < 1.29 is 52.1 Å². The Labute approximate surface area is 163 Å². The molecular weight excluding hydrogens is 359 g/mol. The maximum atomic E-state index is 12.2. The first-order valence-electron chi connectivity index (χ1n) is 6.58. The molecule has 0 bridgehead atoms. The molecule has 3 rings (SSSR count). The van der Waals surface area contributed by atoms with Crippen molar-refractivity contribution in [2.75, 3.05) is 0 Å². The molecule has 0 aliphatic heterocycles. The third-order valence-corrected chi connectivity index (χ3v) is 4.01. The number of azo groups is 1. The van der Waals surface area contributed by atoms with Gasteiger partial charge in [-0.05, 0) is 30.3 Å². The molecule has 0 atom stereocenters. The van der Waals surface area contributed by atoms with Crippen LogP contribution in [0.1, 0.15) is 0 Å². The normalized spacial score (nSPS) is 11.6. The van der Waals surface area contributed by atoms with Crippen molar-refractivity contribution in [1.82, 2.24) is 0 Å². The Morgan fingerprint density at radius 1 is 1.00 bits per heavy atom. The maximum absolute atomic E-state index is 12.2. The molecule has 0 aliphatic rings. The van der Waals surface area contributed by atoms with Crippen molar-refractivity contribution in [3.63, 3.8) is 0 Å². The van der Waals surface area contributed by atoms with Gasteiger partial charge in [-0.1, -0.05) is 23.9 Å². The molecule has 1 aromatic heterocycles. The minimum Gasteiger partial charge on any atom is -0.870 e. The molecule has 0 spiro atoms. The fourth-order valence-corrected chi connectivity index (χ4v) is 2.47. The number of benzene rings is 2. The standard InChI is InChI=1S/C15H10N2O6S.Na/c18-14-11-3-1-2-4-12(11)23-15(19)13(14)17-16-9-5-7-10(8-6-9)24(20,21)22;/h1-8,18H,(H,20,21,22);/q;+1/p-1. The summed E-state index contributed by atoms with van der Waals surface area (Å²) in [6.07, 6.45) is 0. The molecule has 0 fully saturated rings. The zero-order valence-corrected chi connectivity index (χ0v) is 15.7. The van der Waals surface area contributed by atoms with Gasteiger partial charge < -0.3 is 9.52 Å². The molecule has 10 heteroatoms. The predicted octanol–water partition coefficient (Wildman–Crippen LogP) is -0.467. The third-order valence-electron chi connectivity index (χ3n) is 3.14. The van der Waals surface area contributed by atoms with E-state index in [0.29, 0.717) is 0 Å². The second kappa shape index (κ2) is 7.46. The molecule has 1 heterocycles. The molecule has 0 saturated carbocycles. The van der Waals surface area contributed by atoms with Gasteiger partial charge in [0, 0.05) is 5.39 Å². The number of rotatable bonds is 3. The molecule has 0 aliphatic carbocycles. The van der Waals surface area contributed by atoms with Crippen LogP contribution in [0.25, 0.3) is 11.0 Å². The van der Waals surface area contributed by atoms with Crippen LogP contribution in [0.5, 0.6) is 5.75 Å². The molecule has 1 N–H and O–H groups in total. The molecule has 0 amide bonds. The smallest absolute Gasteiger partial charge is 0.870 e. The zero-order valence-electron chi connectivity index (χ0n) is 12.9. The van der Waals surface area contributed by atoms with Crippen molar-refractivity contribution in [3.8, 4) is 5.75 Å². The van der Waals surface area contributed by atoms with Gasteiger partial charge in [-0.2, -0.15) is 13.5 Å². The van der Waals surface area contributed by atoms with Gasteiger partial charge in [0.15, 0.2) is 5.69 Å². The van der Waals surface area contributed by atoms with Crippen LogP contribution in [-0.2, 0) is 10.1 Å². The molecular formula is C15H9N2NaO6S. The Balaban J connectivity index is 0.00000225. The van der Waals surface area contributed by atoms with E-state index in [1.807, 2.05) is 0 Å². The largest absolute Gasteiger partial charge is 1.00 e. The summed E-state index contributed by atoms with van der Waals surface area (Å²) >= 11 is 0. The molecule has 25 heavy (non-hydrogen) atoms. The van der Waals surface area contributed by atoms with Crippen molar-refractivity contribution in [1.29, 1.82) is 0 Å². The van der Waals surface area contributed by atoms with Gasteiger partial charge in [-0.3, -0.25) is 4.55 Å². The van der Waals surface area contributed by atoms with Gasteiger partial charge in [0.25, 0.3) is 10.1 Å². The van der Waals surface area contributed by atoms with Crippen LogP contribution in [0.3, 0.4) is 0 Å². The molecule has 3 aromatic rings. The van der Waals surface area contributed by atoms with Gasteiger partial charge in [0.2, 0.25) is 0 Å². The van der Waals surface area contributed by atoms with Crippen LogP contribution in [0, 0.1) is 0 Å². The van der Waals surface area contributed by atoms with E-state index in [4.69, 9.17) is 8.97 Å². The van der Waals surface area contributed by atoms with Gasteiger partial charge in [-0.25, -0.2) is 4.79 Å². The van der Waals surface area contributed by atoms with E-state index in [2.05, 4.69) is 10.2 Å². The molecule has 8 nitrogen and oxygen atoms in total. The number of hydrogen-bond donors (Lipinski definition) is 1. The summed E-state index contributed by atoms with van der Waals surface area (Å²) < 4.78 is 35.8. The van der Waals surface area contributed by atoms with Crippen LogP contribution < -0.4 is 40.3 Å². The summed E-state index contributed by atoms with van der Waals surface area (Å²) in [6, 6.07) is 11.0. The second-order valence-electron chi connectivity index (χ2n) is 4.73. The second-order valence-corrected chi connectivity index (χ2v) is 6.15. The van der Waals surface area contributed by atoms with Crippen LogP contribution in [0.2, 0.25) is 0 Å². The van der Waals surface area contributed by atoms with Crippen LogP contribution in [0.4, 0.5) is 11.4 Å². The van der Waals surface area contributed by atoms with Gasteiger partial charge in [0.05, 0.1) is 10.6 Å². The summed E-state index contributed by atoms with van der Waals surface area (Å²) in [5, 5.41) is 19.8. The van der Waals surface area contributed by atoms with E-state index in [-0.39, 0.29) is 51.1 Å². The molecule has 2 aromatic carbocycles. The number of hydrogen-bond acceptors (Lipinski definition) is 7. The Kier molecular flexibility index (Phi) is 5.76. The number of fused-ring (bicyclic) bond motifs is 1. The van der Waals surface area contributed by atoms with E-state index in [1.54, 1.807) is 12.1 Å². The van der Waals surface area contributed by atoms with Crippen LogP contribution in [-0.4, -0.2) is 13.0 Å². The van der Waals surface area contributed by atoms with Crippen molar-refractivity contribution in [2.24, 2.45) is 10.2 Å². The summed E-state index contributed by atoms with van der Waals surface area (Å²) in [4.78, 5) is 11.5. The zero-order chi connectivity index (χ0) is 17.3. The van der Waals surface area contributed by atoms with E-state index in [1.165, 1.54) is 24.3 Å². The average Bonchev–Trinajstić information content (AvgIpc) is 2.54. The SMILES string of the molecule is O=c1oc2ccccc2c([O-])c1N=Nc1ccc(S(=O)(=O)O)cc1.[Na+]. The van der Waals surface area contributed by atoms with Crippen molar-refractivity contribution in [3.05, 3.63) is 59.0 Å². The maximum Gasteiger partial charge on any atom is 1.00 e. The minimum absolute atomic E-state index is 0. The molecule has 0 unspecified atom stereocenters.